The Morgan fingerprint density at radius 1 is 1.69 bits per heavy atom. The Labute approximate surface area is 78.0 Å². The summed E-state index contributed by atoms with van der Waals surface area (Å²) in [7, 11) is 1.27. The number of esters is 1. The lowest BCUT2D eigenvalue weighted by molar-refractivity contribution is -0.139. The van der Waals surface area contributed by atoms with Crippen LogP contribution < -0.4 is 0 Å². The predicted molar refractivity (Wildman–Crippen MR) is 44.8 cm³/mol. The van der Waals surface area contributed by atoms with Gasteiger partial charge in [-0.3, -0.25) is 4.79 Å². The van der Waals surface area contributed by atoms with E-state index in [1.54, 1.807) is 0 Å². The van der Waals surface area contributed by atoms with Crippen molar-refractivity contribution in [3.8, 4) is 0 Å². The molecule has 0 spiro atoms. The fourth-order valence-electron chi connectivity index (χ4n) is 0.686. The van der Waals surface area contributed by atoms with Crippen LogP contribution in [-0.2, 0) is 16.0 Å². The van der Waals surface area contributed by atoms with Gasteiger partial charge < -0.3 is 9.84 Å². The number of carboxylic acids is 1. The van der Waals surface area contributed by atoms with Gasteiger partial charge in [-0.15, -0.1) is 11.3 Å². The largest absolute Gasteiger partial charge is 0.476 e. The van der Waals surface area contributed by atoms with Crippen LogP contribution in [0.2, 0.25) is 0 Å². The van der Waals surface area contributed by atoms with E-state index >= 15 is 0 Å². The van der Waals surface area contributed by atoms with E-state index in [0.29, 0.717) is 5.01 Å². The molecule has 70 valence electrons. The average molecular weight is 201 g/mol. The SMILES string of the molecule is COC(=O)Cc1nc(C(=O)O)cs1. The Kier molecular flexibility index (Phi) is 2.97. The Balaban J connectivity index is 2.69. The Bertz CT molecular complexity index is 333. The number of methoxy groups -OCH3 is 1. The van der Waals surface area contributed by atoms with E-state index in [1.165, 1.54) is 12.5 Å². The first kappa shape index (κ1) is 9.66. The van der Waals surface area contributed by atoms with Gasteiger partial charge in [0.2, 0.25) is 0 Å². The molecule has 0 aliphatic carbocycles. The molecule has 1 aromatic heterocycles. The molecule has 0 bridgehead atoms. The third-order valence-corrected chi connectivity index (χ3v) is 2.14. The first-order valence-electron chi connectivity index (χ1n) is 3.38. The molecular weight excluding hydrogens is 194 g/mol. The number of aromatic nitrogens is 1. The molecule has 0 atom stereocenters. The van der Waals surface area contributed by atoms with E-state index in [9.17, 15) is 9.59 Å². The highest BCUT2D eigenvalue weighted by Crippen LogP contribution is 2.10. The highest BCUT2D eigenvalue weighted by atomic mass is 32.1. The maximum absolute atomic E-state index is 10.8. The summed E-state index contributed by atoms with van der Waals surface area (Å²) in [4.78, 5) is 24.9. The molecule has 1 N–H and O–H groups in total. The first-order chi connectivity index (χ1) is 6.13. The molecule has 0 radical (unpaired) electrons. The minimum Gasteiger partial charge on any atom is -0.476 e. The normalized spacial score (nSPS) is 9.62. The van der Waals surface area contributed by atoms with Crippen molar-refractivity contribution in [1.29, 1.82) is 0 Å². The van der Waals surface area contributed by atoms with Gasteiger partial charge in [0, 0.05) is 5.38 Å². The van der Waals surface area contributed by atoms with Crippen molar-refractivity contribution in [2.75, 3.05) is 7.11 Å². The van der Waals surface area contributed by atoms with Crippen LogP contribution in [0.1, 0.15) is 15.5 Å². The van der Waals surface area contributed by atoms with Gasteiger partial charge in [0.15, 0.2) is 5.69 Å². The maximum Gasteiger partial charge on any atom is 0.355 e. The van der Waals surface area contributed by atoms with Crippen molar-refractivity contribution in [2.45, 2.75) is 6.42 Å². The summed E-state index contributed by atoms with van der Waals surface area (Å²) in [5, 5.41) is 10.4. The molecule has 1 aromatic rings. The summed E-state index contributed by atoms with van der Waals surface area (Å²) in [6.07, 6.45) is 0.0223. The van der Waals surface area contributed by atoms with E-state index in [4.69, 9.17) is 5.11 Å². The van der Waals surface area contributed by atoms with Crippen LogP contribution in [0, 0.1) is 0 Å². The van der Waals surface area contributed by atoms with Crippen molar-refractivity contribution in [3.63, 3.8) is 0 Å². The summed E-state index contributed by atoms with van der Waals surface area (Å²) in [6, 6.07) is 0. The molecule has 1 heterocycles. The summed E-state index contributed by atoms with van der Waals surface area (Å²) >= 11 is 1.13. The number of nitrogens with zero attached hydrogens (tertiary/aromatic N) is 1. The molecule has 0 aromatic carbocycles. The molecule has 13 heavy (non-hydrogen) atoms. The zero-order chi connectivity index (χ0) is 9.84. The van der Waals surface area contributed by atoms with Crippen LogP contribution in [0.15, 0.2) is 5.38 Å². The van der Waals surface area contributed by atoms with Crippen molar-refractivity contribution in [2.24, 2.45) is 0 Å². The Morgan fingerprint density at radius 2 is 2.38 bits per heavy atom. The third-order valence-electron chi connectivity index (χ3n) is 1.29. The minimum absolute atomic E-state index is 0.0223. The second kappa shape index (κ2) is 3.99. The third kappa shape index (κ3) is 2.51. The molecule has 0 saturated heterocycles. The molecule has 5 nitrogen and oxygen atoms in total. The number of hydrogen-bond donors (Lipinski definition) is 1. The van der Waals surface area contributed by atoms with Crippen LogP contribution in [0.3, 0.4) is 0 Å². The predicted octanol–water partition coefficient (Wildman–Crippen LogP) is 0.557. The monoisotopic (exact) mass is 201 g/mol. The highest BCUT2D eigenvalue weighted by molar-refractivity contribution is 7.09. The molecule has 0 aliphatic rings. The number of thiazole rings is 1. The second-order valence-electron chi connectivity index (χ2n) is 2.18. The number of carbonyl (C=O) groups is 2. The molecule has 0 fully saturated rings. The molecule has 0 unspecified atom stereocenters. The zero-order valence-electron chi connectivity index (χ0n) is 6.81. The molecular formula is C7H7NO4S. The topological polar surface area (TPSA) is 76.5 Å². The molecule has 1 rings (SSSR count). The molecule has 0 saturated carbocycles. The van der Waals surface area contributed by atoms with Gasteiger partial charge in [-0.2, -0.15) is 0 Å². The smallest absolute Gasteiger partial charge is 0.355 e. The summed E-state index contributed by atoms with van der Waals surface area (Å²) < 4.78 is 4.40. The highest BCUT2D eigenvalue weighted by Gasteiger charge is 2.11. The Hall–Kier alpha value is -1.43. The maximum atomic E-state index is 10.8. The first-order valence-corrected chi connectivity index (χ1v) is 4.26. The number of ether oxygens (including phenoxy) is 1. The van der Waals surface area contributed by atoms with E-state index < -0.39 is 11.9 Å². The molecule has 0 aliphatic heterocycles. The summed E-state index contributed by atoms with van der Waals surface area (Å²) in [5.41, 5.74) is -0.0381. The van der Waals surface area contributed by atoms with Gasteiger partial charge in [0.25, 0.3) is 0 Å². The minimum atomic E-state index is -1.09. The number of carbonyl (C=O) groups excluding carboxylic acids is 1. The van der Waals surface area contributed by atoms with Gasteiger partial charge in [0.05, 0.1) is 13.5 Å². The van der Waals surface area contributed by atoms with E-state index in [-0.39, 0.29) is 12.1 Å². The lowest BCUT2D eigenvalue weighted by atomic mass is 10.4. The van der Waals surface area contributed by atoms with E-state index in [2.05, 4.69) is 9.72 Å². The van der Waals surface area contributed by atoms with Crippen molar-refractivity contribution < 1.29 is 19.4 Å². The lowest BCUT2D eigenvalue weighted by Gasteiger charge is -1.93. The number of aromatic carboxylic acids is 1. The fourth-order valence-corrected chi connectivity index (χ4v) is 1.44. The van der Waals surface area contributed by atoms with Gasteiger partial charge >= 0.3 is 11.9 Å². The van der Waals surface area contributed by atoms with Crippen LogP contribution >= 0.6 is 11.3 Å². The van der Waals surface area contributed by atoms with Gasteiger partial charge in [-0.1, -0.05) is 0 Å². The van der Waals surface area contributed by atoms with Gasteiger partial charge in [-0.25, -0.2) is 9.78 Å². The van der Waals surface area contributed by atoms with Crippen LogP contribution in [-0.4, -0.2) is 29.1 Å². The number of hydrogen-bond acceptors (Lipinski definition) is 5. The fraction of sp³-hybridized carbons (Fsp3) is 0.286. The zero-order valence-corrected chi connectivity index (χ0v) is 7.63. The summed E-state index contributed by atoms with van der Waals surface area (Å²) in [6.45, 7) is 0. The van der Waals surface area contributed by atoms with Crippen molar-refractivity contribution >= 4 is 23.3 Å². The van der Waals surface area contributed by atoms with Gasteiger partial charge in [0.1, 0.15) is 5.01 Å². The quantitative estimate of drug-likeness (QED) is 0.723. The second-order valence-corrected chi connectivity index (χ2v) is 3.13. The van der Waals surface area contributed by atoms with E-state index in [1.807, 2.05) is 0 Å². The number of rotatable bonds is 3. The van der Waals surface area contributed by atoms with Gasteiger partial charge in [-0.05, 0) is 0 Å². The van der Waals surface area contributed by atoms with Crippen molar-refractivity contribution in [1.82, 2.24) is 4.98 Å². The molecule has 6 heteroatoms. The van der Waals surface area contributed by atoms with Crippen LogP contribution in [0.4, 0.5) is 0 Å². The average Bonchev–Trinajstić information content (AvgIpc) is 2.52. The number of carboxylic acid groups (broad SMARTS) is 1. The summed E-state index contributed by atoms with van der Waals surface area (Å²) in [5.74, 6) is -1.52. The Morgan fingerprint density at radius 3 is 2.85 bits per heavy atom. The van der Waals surface area contributed by atoms with E-state index in [0.717, 1.165) is 11.3 Å². The van der Waals surface area contributed by atoms with Crippen molar-refractivity contribution in [3.05, 3.63) is 16.1 Å². The van der Waals surface area contributed by atoms with Crippen LogP contribution in [0.5, 0.6) is 0 Å². The molecule has 0 amide bonds. The standard InChI is InChI=1S/C7H7NO4S/c1-12-6(9)2-5-8-4(3-13-5)7(10)11/h3H,2H2,1H3,(H,10,11). The lowest BCUT2D eigenvalue weighted by Crippen LogP contribution is -2.05. The van der Waals surface area contributed by atoms with Crippen LogP contribution in [0.25, 0.3) is 0 Å².